The predicted molar refractivity (Wildman–Crippen MR) is 151 cm³/mol. The summed E-state index contributed by atoms with van der Waals surface area (Å²) in [5, 5.41) is 2.88. The van der Waals surface area contributed by atoms with Gasteiger partial charge in [-0.3, -0.25) is 19.2 Å². The molecule has 1 aromatic heterocycles. The number of ketones is 1. The van der Waals surface area contributed by atoms with Crippen molar-refractivity contribution in [2.24, 2.45) is 5.92 Å². The third-order valence-electron chi connectivity index (χ3n) is 7.39. The van der Waals surface area contributed by atoms with Gasteiger partial charge in [0, 0.05) is 5.56 Å². The average molecular weight is 555 g/mol. The van der Waals surface area contributed by atoms with E-state index in [1.807, 2.05) is 80.6 Å². The van der Waals surface area contributed by atoms with Gasteiger partial charge in [-0.25, -0.2) is 4.98 Å². The quantitative estimate of drug-likeness (QED) is 0.348. The number of rotatable bonds is 11. The molecule has 0 saturated carbocycles. The predicted octanol–water partition coefficient (Wildman–Crippen LogP) is 4.29. The molecule has 3 heterocycles. The van der Waals surface area contributed by atoms with Crippen LogP contribution in [-0.2, 0) is 34.8 Å². The first kappa shape index (κ1) is 28.2. The maximum Gasteiger partial charge on any atom is 0.499 e. The molecule has 2 aliphatic rings. The van der Waals surface area contributed by atoms with Crippen molar-refractivity contribution in [3.05, 3.63) is 90.1 Å². The number of nitrogens with one attached hydrogen (secondary N) is 1. The van der Waals surface area contributed by atoms with Gasteiger partial charge in [-0.2, -0.15) is 0 Å². The number of benzene rings is 2. The van der Waals surface area contributed by atoms with Crippen molar-refractivity contribution < 1.29 is 33.1 Å². The largest absolute Gasteiger partial charge is 0.633 e. The monoisotopic (exact) mass is 555 g/mol. The fourth-order valence-corrected chi connectivity index (χ4v) is 5.48. The molecule has 2 aliphatic heterocycles. The van der Waals surface area contributed by atoms with Crippen LogP contribution >= 0.6 is 0 Å². The number of Topliss-reactive ketones (excluding diaryl/α,β-unsaturated/α-hetero) is 1. The van der Waals surface area contributed by atoms with Crippen molar-refractivity contribution in [1.82, 2.24) is 10.3 Å². The van der Waals surface area contributed by atoms with E-state index < -0.39 is 42.6 Å². The van der Waals surface area contributed by atoms with E-state index in [0.29, 0.717) is 12.1 Å². The first-order valence-corrected chi connectivity index (χ1v) is 13.9. The molecule has 0 radical (unpaired) electrons. The topological polar surface area (TPSA) is 121 Å². The molecule has 5 rings (SSSR count). The zero-order chi connectivity index (χ0) is 29.0. The fraction of sp³-hybridized carbons (Fsp3) is 0.323. The van der Waals surface area contributed by atoms with Gasteiger partial charge < -0.3 is 19.3 Å². The lowest BCUT2D eigenvalue weighted by Crippen LogP contribution is -2.53. The SMILES string of the molecule is CC(C)CC(CC(=O)[C@H](Cc1ccccc1)NC(=O)c1cccc(-c2ccccc2)n1)[B-]12OC(=O)C[C@H](O1)C(=O)O2. The summed E-state index contributed by atoms with van der Waals surface area (Å²) in [6.07, 6.45) is -0.719. The van der Waals surface area contributed by atoms with E-state index in [2.05, 4.69) is 10.3 Å². The number of hydrogen-bond donors (Lipinski definition) is 1. The van der Waals surface area contributed by atoms with E-state index in [0.717, 1.165) is 11.1 Å². The maximum absolute atomic E-state index is 13.9. The van der Waals surface area contributed by atoms with Crippen molar-refractivity contribution >= 4 is 30.4 Å². The Morgan fingerprint density at radius 1 is 0.951 bits per heavy atom. The molecular formula is C31H32BN2O7-. The first-order chi connectivity index (χ1) is 19.7. The van der Waals surface area contributed by atoms with Crippen LogP contribution in [0.5, 0.6) is 0 Å². The molecular weight excluding hydrogens is 523 g/mol. The Kier molecular flexibility index (Phi) is 8.30. The summed E-state index contributed by atoms with van der Waals surface area (Å²) >= 11 is 0. The maximum atomic E-state index is 13.9. The Morgan fingerprint density at radius 3 is 2.37 bits per heavy atom. The molecule has 10 heteroatoms. The van der Waals surface area contributed by atoms with Gasteiger partial charge in [0.25, 0.3) is 17.8 Å². The van der Waals surface area contributed by atoms with E-state index >= 15 is 0 Å². The zero-order valence-corrected chi connectivity index (χ0v) is 23.0. The highest BCUT2D eigenvalue weighted by atomic mass is 16.8. The lowest BCUT2D eigenvalue weighted by atomic mass is 9.57. The Bertz CT molecular complexity index is 1430. The van der Waals surface area contributed by atoms with E-state index in [1.165, 1.54) is 0 Å². The van der Waals surface area contributed by atoms with Crippen molar-refractivity contribution in [2.45, 2.75) is 57.5 Å². The van der Waals surface area contributed by atoms with E-state index in [9.17, 15) is 19.2 Å². The van der Waals surface area contributed by atoms with E-state index in [4.69, 9.17) is 14.0 Å². The molecule has 2 unspecified atom stereocenters. The lowest BCUT2D eigenvalue weighted by molar-refractivity contribution is -0.145. The molecule has 2 bridgehead atoms. The molecule has 9 nitrogen and oxygen atoms in total. The van der Waals surface area contributed by atoms with Crippen LogP contribution in [0.1, 0.15) is 49.2 Å². The number of fused-ring (bicyclic) bond motifs is 2. The summed E-state index contributed by atoms with van der Waals surface area (Å²) < 4.78 is 16.9. The highest BCUT2D eigenvalue weighted by Gasteiger charge is 2.56. The minimum absolute atomic E-state index is 0.0816. The molecule has 41 heavy (non-hydrogen) atoms. The van der Waals surface area contributed by atoms with Crippen molar-refractivity contribution in [3.8, 4) is 11.3 Å². The summed E-state index contributed by atoms with van der Waals surface area (Å²) in [7, 11) is 0. The smallest absolute Gasteiger partial charge is 0.499 e. The molecule has 212 valence electrons. The molecule has 2 fully saturated rings. The number of amides is 1. The minimum Gasteiger partial charge on any atom is -0.633 e. The number of nitrogens with zero attached hydrogens (tertiary/aromatic N) is 1. The van der Waals surface area contributed by atoms with Crippen molar-refractivity contribution in [2.75, 3.05) is 0 Å². The summed E-state index contributed by atoms with van der Waals surface area (Å²) in [6.45, 7) is 1.13. The van der Waals surface area contributed by atoms with Gasteiger partial charge in [-0.05, 0) is 36.5 Å². The first-order valence-electron chi connectivity index (χ1n) is 13.9. The third-order valence-corrected chi connectivity index (χ3v) is 7.39. The number of aromatic nitrogens is 1. The Labute approximate surface area is 238 Å². The Balaban J connectivity index is 1.40. The Morgan fingerprint density at radius 2 is 1.66 bits per heavy atom. The molecule has 2 saturated heterocycles. The number of carbonyl (C=O) groups excluding carboxylic acids is 4. The second-order valence-electron chi connectivity index (χ2n) is 11.0. The van der Waals surface area contributed by atoms with Gasteiger partial charge in [0.15, 0.2) is 5.78 Å². The normalized spacial score (nSPS) is 21.1. The van der Waals surface area contributed by atoms with Crippen LogP contribution in [0.25, 0.3) is 11.3 Å². The molecule has 1 amide bonds. The molecule has 0 spiro atoms. The van der Waals surface area contributed by atoms with E-state index in [1.54, 1.807) is 12.1 Å². The lowest BCUT2D eigenvalue weighted by Gasteiger charge is -2.43. The number of hydrogen-bond acceptors (Lipinski definition) is 8. The standard InChI is InChI=1S/C31H32BN2O7/c1-20(2)16-23(32-39-28(31(38)41-32)19-29(36)40-32)18-27(35)26(17-21-10-5-3-6-11-21)34-30(37)25-15-9-14-24(33-25)22-12-7-4-8-13-22/h3-15,20,23,26,28H,16-19H2,1-2H3,(H,34,37)/q-1/t23?,26-,28-,32?/m0/s1. The average Bonchev–Trinajstić information content (AvgIpc) is 3.21. The summed E-state index contributed by atoms with van der Waals surface area (Å²) in [4.78, 5) is 56.5. The van der Waals surface area contributed by atoms with Crippen LogP contribution in [0.2, 0.25) is 5.82 Å². The molecule has 0 aliphatic carbocycles. The van der Waals surface area contributed by atoms with Gasteiger partial charge in [-0.1, -0.05) is 92.8 Å². The fourth-order valence-electron chi connectivity index (χ4n) is 5.48. The van der Waals surface area contributed by atoms with Crippen LogP contribution in [0, 0.1) is 5.92 Å². The van der Waals surface area contributed by atoms with Gasteiger partial charge in [0.1, 0.15) is 11.8 Å². The number of pyridine rings is 1. The summed E-state index contributed by atoms with van der Waals surface area (Å²) in [5.74, 6) is -2.65. The minimum atomic E-state index is -2.78. The van der Waals surface area contributed by atoms with Gasteiger partial charge >= 0.3 is 6.75 Å². The third kappa shape index (κ3) is 6.54. The Hall–Kier alpha value is -4.31. The highest BCUT2D eigenvalue weighted by molar-refractivity contribution is 6.68. The van der Waals surface area contributed by atoms with Gasteiger partial charge in [-0.15, -0.1) is 0 Å². The zero-order valence-electron chi connectivity index (χ0n) is 23.0. The van der Waals surface area contributed by atoms with E-state index in [-0.39, 0.29) is 36.7 Å². The van der Waals surface area contributed by atoms with Crippen LogP contribution in [0.3, 0.4) is 0 Å². The van der Waals surface area contributed by atoms with Crippen molar-refractivity contribution in [3.63, 3.8) is 0 Å². The van der Waals surface area contributed by atoms with Gasteiger partial charge in [0.05, 0.1) is 18.2 Å². The second kappa shape index (κ2) is 12.1. The molecule has 1 N–H and O–H groups in total. The second-order valence-corrected chi connectivity index (χ2v) is 11.0. The van der Waals surface area contributed by atoms with Crippen LogP contribution in [0.4, 0.5) is 0 Å². The van der Waals surface area contributed by atoms with Gasteiger partial charge in [0.2, 0.25) is 0 Å². The van der Waals surface area contributed by atoms with Crippen LogP contribution in [-0.4, -0.2) is 47.5 Å². The molecule has 2 aromatic carbocycles. The number of carbonyl (C=O) groups is 4. The van der Waals surface area contributed by atoms with Crippen LogP contribution < -0.4 is 5.32 Å². The van der Waals surface area contributed by atoms with Crippen LogP contribution in [0.15, 0.2) is 78.9 Å². The highest BCUT2D eigenvalue weighted by Crippen LogP contribution is 2.43. The molecule has 4 atom stereocenters. The molecule has 3 aromatic rings. The summed E-state index contributed by atoms with van der Waals surface area (Å²) in [6, 6.07) is 23.1. The van der Waals surface area contributed by atoms with Crippen molar-refractivity contribution in [1.29, 1.82) is 0 Å². The summed E-state index contributed by atoms with van der Waals surface area (Å²) in [5.41, 5.74) is 2.53.